The maximum atomic E-state index is 15.0. The van der Waals surface area contributed by atoms with Crippen molar-refractivity contribution in [2.45, 2.75) is 96.9 Å². The SMILES string of the molecule is CCC(CCO)CCC(=O)C1CCC(C)C(CCc2ccc(-c3cc4nccc(Oc5ccc(NC(=O)NC6CC6)cc5F)c4s3)nc2)CC1. The maximum absolute atomic E-state index is 15.0. The molecule has 3 N–H and O–H groups in total. The number of pyridine rings is 2. The molecular weight excluding hydrogens is 652 g/mol. The highest BCUT2D eigenvalue weighted by molar-refractivity contribution is 7.22. The first-order chi connectivity index (χ1) is 24.3. The third-order valence-electron chi connectivity index (χ3n) is 10.6. The average Bonchev–Trinajstić information content (AvgIpc) is 3.85. The van der Waals surface area contributed by atoms with E-state index < -0.39 is 5.82 Å². The van der Waals surface area contributed by atoms with Gasteiger partial charge in [-0.1, -0.05) is 26.3 Å². The molecule has 0 spiro atoms. The van der Waals surface area contributed by atoms with Gasteiger partial charge in [-0.25, -0.2) is 9.18 Å². The quantitative estimate of drug-likeness (QED) is 0.106. The Hall–Kier alpha value is -3.89. The standard InChI is InChI=1S/C40H49FN4O4S/c1-3-26(19-21-46)7-16-35(47)29-8-4-25(2)28(10-11-29)9-5-27-6-15-33(43-24-27)38-23-34-39(50-38)37(18-20-42-34)49-36-17-14-31(22-32(36)41)45-40(48)44-30-12-13-30/h6,14-15,17-18,20,22-26,28-30,46H,3-5,7-13,16,19,21H2,1-2H3,(H2,44,45,48). The first kappa shape index (κ1) is 35.9. The molecule has 266 valence electrons. The summed E-state index contributed by atoms with van der Waals surface area (Å²) in [4.78, 5) is 35.3. The minimum Gasteiger partial charge on any atom is -0.453 e. The van der Waals surface area contributed by atoms with E-state index in [2.05, 4.69) is 41.6 Å². The van der Waals surface area contributed by atoms with Gasteiger partial charge in [-0.2, -0.15) is 0 Å². The molecule has 3 aromatic heterocycles. The Kier molecular flexibility index (Phi) is 12.1. The van der Waals surface area contributed by atoms with Crippen molar-refractivity contribution >= 4 is 39.1 Å². The van der Waals surface area contributed by atoms with Gasteiger partial charge >= 0.3 is 6.03 Å². The van der Waals surface area contributed by atoms with E-state index in [1.54, 1.807) is 18.3 Å². The Bertz CT molecular complexity index is 1760. The van der Waals surface area contributed by atoms with E-state index in [1.165, 1.54) is 29.0 Å². The smallest absolute Gasteiger partial charge is 0.319 e. The summed E-state index contributed by atoms with van der Waals surface area (Å²) in [5.74, 6) is 2.24. The highest BCUT2D eigenvalue weighted by Gasteiger charge is 2.28. The van der Waals surface area contributed by atoms with Crippen LogP contribution >= 0.6 is 11.3 Å². The molecule has 4 aromatic rings. The number of Topliss-reactive ketones (excluding diaryl/α,β-unsaturated/α-hetero) is 1. The van der Waals surface area contributed by atoms with Crippen LogP contribution in [-0.2, 0) is 11.2 Å². The van der Waals surface area contributed by atoms with Crippen molar-refractivity contribution in [1.82, 2.24) is 15.3 Å². The number of fused-ring (bicyclic) bond motifs is 1. The van der Waals surface area contributed by atoms with Crippen molar-refractivity contribution in [1.29, 1.82) is 0 Å². The van der Waals surface area contributed by atoms with Crippen molar-refractivity contribution in [2.75, 3.05) is 11.9 Å². The number of ether oxygens (including phenoxy) is 1. The van der Waals surface area contributed by atoms with Crippen molar-refractivity contribution < 1.29 is 23.8 Å². The summed E-state index contributed by atoms with van der Waals surface area (Å²) in [6.07, 6.45) is 15.2. The molecule has 2 aliphatic rings. The van der Waals surface area contributed by atoms with E-state index in [0.717, 1.165) is 91.4 Å². The topological polar surface area (TPSA) is 113 Å². The number of hydrogen-bond donors (Lipinski definition) is 3. The summed E-state index contributed by atoms with van der Waals surface area (Å²) in [5, 5.41) is 14.8. The van der Waals surface area contributed by atoms with E-state index >= 15 is 0 Å². The van der Waals surface area contributed by atoms with Gasteiger partial charge in [-0.3, -0.25) is 14.8 Å². The molecule has 4 atom stereocenters. The van der Waals surface area contributed by atoms with Crippen LogP contribution in [0.3, 0.4) is 0 Å². The number of urea groups is 1. The number of benzene rings is 1. The predicted molar refractivity (Wildman–Crippen MR) is 197 cm³/mol. The molecule has 10 heteroatoms. The zero-order valence-electron chi connectivity index (χ0n) is 29.1. The third-order valence-corrected chi connectivity index (χ3v) is 11.8. The van der Waals surface area contributed by atoms with Crippen LogP contribution in [0.2, 0.25) is 0 Å². The van der Waals surface area contributed by atoms with Gasteiger partial charge in [-0.15, -0.1) is 11.3 Å². The number of aliphatic hydroxyl groups excluding tert-OH is 1. The van der Waals surface area contributed by atoms with Gasteiger partial charge in [0, 0.05) is 55.2 Å². The number of nitrogens with zero attached hydrogens (tertiary/aromatic N) is 2. The van der Waals surface area contributed by atoms with Crippen LogP contribution in [0.5, 0.6) is 11.5 Å². The lowest BCUT2D eigenvalue weighted by atomic mass is 9.85. The summed E-state index contributed by atoms with van der Waals surface area (Å²) < 4.78 is 21.8. The van der Waals surface area contributed by atoms with Gasteiger partial charge in [0.2, 0.25) is 0 Å². The first-order valence-electron chi connectivity index (χ1n) is 18.3. The third kappa shape index (κ3) is 9.46. The second-order valence-corrected chi connectivity index (χ2v) is 15.3. The van der Waals surface area contributed by atoms with E-state index in [4.69, 9.17) is 9.72 Å². The number of aromatic nitrogens is 2. The fourth-order valence-electron chi connectivity index (χ4n) is 7.13. The van der Waals surface area contributed by atoms with Gasteiger partial charge in [0.25, 0.3) is 0 Å². The highest BCUT2D eigenvalue weighted by atomic mass is 32.1. The molecule has 2 fully saturated rings. The van der Waals surface area contributed by atoms with Gasteiger partial charge < -0.3 is 20.5 Å². The molecule has 2 aliphatic carbocycles. The fraction of sp³-hybridized carbons (Fsp3) is 0.500. The largest absolute Gasteiger partial charge is 0.453 e. The molecule has 0 aliphatic heterocycles. The lowest BCUT2D eigenvalue weighted by molar-refractivity contribution is -0.123. The lowest BCUT2D eigenvalue weighted by Gasteiger charge is -2.21. The Morgan fingerprint density at radius 3 is 2.60 bits per heavy atom. The minimum atomic E-state index is -0.574. The summed E-state index contributed by atoms with van der Waals surface area (Å²) in [5.41, 5.74) is 3.16. The van der Waals surface area contributed by atoms with Gasteiger partial charge in [0.15, 0.2) is 11.6 Å². The maximum Gasteiger partial charge on any atom is 0.319 e. The zero-order valence-corrected chi connectivity index (χ0v) is 29.9. The van der Waals surface area contributed by atoms with Crippen LogP contribution in [0.4, 0.5) is 14.9 Å². The van der Waals surface area contributed by atoms with Crippen LogP contribution in [-0.4, -0.2) is 39.5 Å². The van der Waals surface area contributed by atoms with Crippen LogP contribution in [0.1, 0.15) is 90.0 Å². The molecule has 3 heterocycles. The van der Waals surface area contributed by atoms with Crippen molar-refractivity contribution in [3.63, 3.8) is 0 Å². The number of carbonyl (C=O) groups excluding carboxylic acids is 2. The number of halogens is 1. The predicted octanol–water partition coefficient (Wildman–Crippen LogP) is 9.71. The Morgan fingerprint density at radius 2 is 1.86 bits per heavy atom. The molecule has 0 saturated heterocycles. The van der Waals surface area contributed by atoms with Gasteiger partial charge in [0.1, 0.15) is 11.5 Å². The van der Waals surface area contributed by atoms with E-state index in [1.807, 2.05) is 12.3 Å². The lowest BCUT2D eigenvalue weighted by Crippen LogP contribution is -2.30. The Labute approximate surface area is 298 Å². The number of aryl methyl sites for hydroxylation is 1. The Morgan fingerprint density at radius 1 is 1.02 bits per heavy atom. The summed E-state index contributed by atoms with van der Waals surface area (Å²) >= 11 is 1.50. The average molecular weight is 701 g/mol. The molecule has 6 rings (SSSR count). The Balaban J connectivity index is 1.03. The van der Waals surface area contributed by atoms with Crippen LogP contribution in [0.15, 0.2) is 54.9 Å². The second-order valence-electron chi connectivity index (χ2n) is 14.2. The minimum absolute atomic E-state index is 0.0625. The number of thiophene rings is 1. The van der Waals surface area contributed by atoms with E-state index in [-0.39, 0.29) is 30.3 Å². The summed E-state index contributed by atoms with van der Waals surface area (Å²) in [6.45, 7) is 4.69. The monoisotopic (exact) mass is 700 g/mol. The number of amides is 2. The van der Waals surface area contributed by atoms with Crippen molar-refractivity contribution in [3.8, 4) is 22.1 Å². The molecular formula is C40H49FN4O4S. The first-order valence-corrected chi connectivity index (χ1v) is 19.1. The molecule has 0 bridgehead atoms. The van der Waals surface area contributed by atoms with Crippen molar-refractivity contribution in [3.05, 3.63) is 66.2 Å². The molecule has 50 heavy (non-hydrogen) atoms. The van der Waals surface area contributed by atoms with Gasteiger partial charge in [0.05, 0.1) is 20.8 Å². The number of carbonyl (C=O) groups is 2. The number of rotatable bonds is 15. The number of hydrogen-bond acceptors (Lipinski definition) is 7. The van der Waals surface area contributed by atoms with Crippen molar-refractivity contribution in [2.24, 2.45) is 23.7 Å². The van der Waals surface area contributed by atoms with Gasteiger partial charge in [-0.05, 0) is 112 Å². The summed E-state index contributed by atoms with van der Waals surface area (Å²) in [7, 11) is 0. The second kappa shape index (κ2) is 16.9. The molecule has 8 nitrogen and oxygen atoms in total. The zero-order chi connectivity index (χ0) is 35.0. The number of ketones is 1. The fourth-order valence-corrected chi connectivity index (χ4v) is 8.17. The highest BCUT2D eigenvalue weighted by Crippen LogP contribution is 2.40. The van der Waals surface area contributed by atoms with Crippen LogP contribution < -0.4 is 15.4 Å². The van der Waals surface area contributed by atoms with E-state index in [0.29, 0.717) is 41.4 Å². The number of nitrogens with one attached hydrogen (secondary N) is 2. The number of aliphatic hydroxyl groups is 1. The molecule has 2 saturated carbocycles. The van der Waals surface area contributed by atoms with Crippen LogP contribution in [0, 0.1) is 29.5 Å². The molecule has 1 aromatic carbocycles. The molecule has 2 amide bonds. The van der Waals surface area contributed by atoms with E-state index in [9.17, 15) is 19.1 Å². The number of anilines is 1. The molecule has 0 radical (unpaired) electrons. The molecule has 4 unspecified atom stereocenters. The summed E-state index contributed by atoms with van der Waals surface area (Å²) in [6, 6.07) is 12.2. The normalized spacial score (nSPS) is 19.9. The van der Waals surface area contributed by atoms with Crippen LogP contribution in [0.25, 0.3) is 20.8 Å².